The Bertz CT molecular complexity index is 780. The summed E-state index contributed by atoms with van der Waals surface area (Å²) in [6, 6.07) is 11.2. The first kappa shape index (κ1) is 17.8. The fourth-order valence-electron chi connectivity index (χ4n) is 2.92. The highest BCUT2D eigenvalue weighted by atomic mass is 35.5. The first-order valence-electron chi connectivity index (χ1n) is 8.21. The lowest BCUT2D eigenvalue weighted by Gasteiger charge is -2.29. The lowest BCUT2D eigenvalue weighted by molar-refractivity contribution is -0.118. The summed E-state index contributed by atoms with van der Waals surface area (Å²) in [5, 5.41) is 3.29. The molecule has 1 aliphatic rings. The van der Waals surface area contributed by atoms with Crippen LogP contribution in [0.2, 0.25) is 5.02 Å². The molecule has 0 saturated heterocycles. The van der Waals surface area contributed by atoms with Gasteiger partial charge >= 0.3 is 0 Å². The van der Waals surface area contributed by atoms with Gasteiger partial charge in [0.1, 0.15) is 0 Å². The number of carbonyl (C=O) groups is 1. The lowest BCUT2D eigenvalue weighted by Crippen LogP contribution is -2.37. The fourth-order valence-corrected chi connectivity index (χ4v) is 3.21. The molecule has 0 bridgehead atoms. The molecule has 1 amide bonds. The Hall–Kier alpha value is -1.98. The van der Waals surface area contributed by atoms with Crippen molar-refractivity contribution in [1.82, 2.24) is 4.90 Å². The number of nitrogens with one attached hydrogen (secondary N) is 1. The minimum absolute atomic E-state index is 0.0168. The summed E-state index contributed by atoms with van der Waals surface area (Å²) in [7, 11) is 0. The Kier molecular flexibility index (Phi) is 5.35. The Morgan fingerprint density at radius 3 is 2.60 bits per heavy atom. The van der Waals surface area contributed by atoms with E-state index < -0.39 is 11.6 Å². The van der Waals surface area contributed by atoms with E-state index in [1.165, 1.54) is 6.07 Å². The van der Waals surface area contributed by atoms with Crippen LogP contribution in [0.5, 0.6) is 0 Å². The van der Waals surface area contributed by atoms with Crippen LogP contribution in [0.3, 0.4) is 0 Å². The van der Waals surface area contributed by atoms with Gasteiger partial charge in [-0.3, -0.25) is 9.69 Å². The normalized spacial score (nSPS) is 15.2. The highest BCUT2D eigenvalue weighted by Gasteiger charge is 2.34. The van der Waals surface area contributed by atoms with E-state index in [0.29, 0.717) is 11.1 Å². The topological polar surface area (TPSA) is 32.3 Å². The van der Waals surface area contributed by atoms with E-state index in [-0.39, 0.29) is 24.2 Å². The van der Waals surface area contributed by atoms with Crippen molar-refractivity contribution >= 4 is 23.2 Å². The van der Waals surface area contributed by atoms with Crippen molar-refractivity contribution in [2.75, 3.05) is 11.9 Å². The fraction of sp³-hybridized carbons (Fsp3) is 0.316. The van der Waals surface area contributed by atoms with Gasteiger partial charge in [-0.15, -0.1) is 0 Å². The van der Waals surface area contributed by atoms with Gasteiger partial charge in [0, 0.05) is 28.9 Å². The number of nitrogens with zero attached hydrogens (tertiary/aromatic N) is 1. The van der Waals surface area contributed by atoms with E-state index in [1.54, 1.807) is 0 Å². The molecule has 0 heterocycles. The highest BCUT2D eigenvalue weighted by Crippen LogP contribution is 2.36. The van der Waals surface area contributed by atoms with Gasteiger partial charge in [0.2, 0.25) is 5.91 Å². The lowest BCUT2D eigenvalue weighted by atomic mass is 10.1. The molecule has 0 radical (unpaired) electrons. The molecule has 0 aromatic heterocycles. The molecule has 3 nitrogen and oxygen atoms in total. The van der Waals surface area contributed by atoms with E-state index in [4.69, 9.17) is 11.6 Å². The smallest absolute Gasteiger partial charge is 0.238 e. The molecule has 1 N–H and O–H groups in total. The molecule has 25 heavy (non-hydrogen) atoms. The van der Waals surface area contributed by atoms with Gasteiger partial charge in [0.25, 0.3) is 0 Å². The third kappa shape index (κ3) is 4.35. The molecule has 2 aromatic rings. The third-order valence-corrected chi connectivity index (χ3v) is 4.74. The summed E-state index contributed by atoms with van der Waals surface area (Å²) in [5.74, 6) is -2.19. The SMILES string of the molecule is C[C@H](c1ccccc1Cl)N(CC(=O)Nc1ccc(F)c(F)c1)C1CC1. The van der Waals surface area contributed by atoms with E-state index >= 15 is 0 Å². The van der Waals surface area contributed by atoms with Gasteiger partial charge in [0.05, 0.1) is 6.54 Å². The summed E-state index contributed by atoms with van der Waals surface area (Å²) in [5.41, 5.74) is 1.21. The Morgan fingerprint density at radius 1 is 1.24 bits per heavy atom. The highest BCUT2D eigenvalue weighted by molar-refractivity contribution is 6.31. The number of hydrogen-bond donors (Lipinski definition) is 1. The number of rotatable bonds is 6. The quantitative estimate of drug-likeness (QED) is 0.799. The van der Waals surface area contributed by atoms with Crippen LogP contribution < -0.4 is 5.32 Å². The maximum absolute atomic E-state index is 13.3. The number of amides is 1. The summed E-state index contributed by atoms with van der Waals surface area (Å²) < 4.78 is 26.3. The summed E-state index contributed by atoms with van der Waals surface area (Å²) in [6.45, 7) is 2.18. The number of benzene rings is 2. The second-order valence-corrected chi connectivity index (χ2v) is 6.69. The van der Waals surface area contributed by atoms with Crippen LogP contribution in [0.15, 0.2) is 42.5 Å². The van der Waals surface area contributed by atoms with Crippen molar-refractivity contribution < 1.29 is 13.6 Å². The largest absolute Gasteiger partial charge is 0.325 e. The van der Waals surface area contributed by atoms with Crippen LogP contribution in [0.25, 0.3) is 0 Å². The number of anilines is 1. The van der Waals surface area contributed by atoms with E-state index in [9.17, 15) is 13.6 Å². The summed E-state index contributed by atoms with van der Waals surface area (Å²) in [4.78, 5) is 14.5. The van der Waals surface area contributed by atoms with Gasteiger partial charge in [-0.05, 0) is 43.5 Å². The molecule has 132 valence electrons. The van der Waals surface area contributed by atoms with Crippen LogP contribution >= 0.6 is 11.6 Å². The Morgan fingerprint density at radius 2 is 1.96 bits per heavy atom. The maximum Gasteiger partial charge on any atom is 0.238 e. The molecule has 2 aromatic carbocycles. The van der Waals surface area contributed by atoms with Gasteiger partial charge in [-0.25, -0.2) is 8.78 Å². The van der Waals surface area contributed by atoms with Gasteiger partial charge < -0.3 is 5.32 Å². The molecule has 1 atom stereocenters. The second kappa shape index (κ2) is 7.50. The first-order chi connectivity index (χ1) is 12.0. The number of hydrogen-bond acceptors (Lipinski definition) is 2. The second-order valence-electron chi connectivity index (χ2n) is 6.28. The van der Waals surface area contributed by atoms with Crippen molar-refractivity contribution in [2.45, 2.75) is 31.8 Å². The minimum atomic E-state index is -0.985. The van der Waals surface area contributed by atoms with Gasteiger partial charge in [-0.1, -0.05) is 29.8 Å². The Labute approximate surface area is 150 Å². The molecule has 0 spiro atoms. The average Bonchev–Trinajstić information content (AvgIpc) is 3.41. The molecular weight excluding hydrogens is 346 g/mol. The van der Waals surface area contributed by atoms with Crippen LogP contribution in [0.4, 0.5) is 14.5 Å². The predicted octanol–water partition coefficient (Wildman–Crippen LogP) is 4.78. The van der Waals surface area contributed by atoms with Crippen molar-refractivity contribution in [3.05, 3.63) is 64.7 Å². The molecule has 3 rings (SSSR count). The minimum Gasteiger partial charge on any atom is -0.325 e. The Balaban J connectivity index is 1.70. The van der Waals surface area contributed by atoms with Crippen LogP contribution in [-0.2, 0) is 4.79 Å². The number of halogens is 3. The van der Waals surface area contributed by atoms with Gasteiger partial charge in [0.15, 0.2) is 11.6 Å². The third-order valence-electron chi connectivity index (χ3n) is 4.40. The zero-order chi connectivity index (χ0) is 18.0. The molecule has 1 aliphatic carbocycles. The predicted molar refractivity (Wildman–Crippen MR) is 94.6 cm³/mol. The van der Waals surface area contributed by atoms with E-state index in [0.717, 1.165) is 30.5 Å². The van der Waals surface area contributed by atoms with E-state index in [1.807, 2.05) is 31.2 Å². The van der Waals surface area contributed by atoms with Crippen molar-refractivity contribution in [2.24, 2.45) is 0 Å². The maximum atomic E-state index is 13.3. The summed E-state index contributed by atoms with van der Waals surface area (Å²) >= 11 is 6.28. The van der Waals surface area contributed by atoms with Crippen LogP contribution in [-0.4, -0.2) is 23.4 Å². The van der Waals surface area contributed by atoms with Crippen molar-refractivity contribution in [3.63, 3.8) is 0 Å². The molecular formula is C19H19ClF2N2O. The van der Waals surface area contributed by atoms with E-state index in [2.05, 4.69) is 10.2 Å². The first-order valence-corrected chi connectivity index (χ1v) is 8.58. The summed E-state index contributed by atoms with van der Waals surface area (Å²) in [6.07, 6.45) is 2.07. The molecule has 0 unspecified atom stereocenters. The van der Waals surface area contributed by atoms with Crippen LogP contribution in [0, 0.1) is 11.6 Å². The molecule has 1 saturated carbocycles. The van der Waals surface area contributed by atoms with Crippen molar-refractivity contribution in [3.8, 4) is 0 Å². The number of carbonyl (C=O) groups excluding carboxylic acids is 1. The monoisotopic (exact) mass is 364 g/mol. The van der Waals surface area contributed by atoms with Gasteiger partial charge in [-0.2, -0.15) is 0 Å². The molecule has 0 aliphatic heterocycles. The standard InChI is InChI=1S/C19H19ClF2N2O/c1-12(15-4-2-3-5-16(15)20)24(14-7-8-14)11-19(25)23-13-6-9-17(21)18(22)10-13/h2-6,9-10,12,14H,7-8,11H2,1H3,(H,23,25)/t12-/m1/s1. The zero-order valence-electron chi connectivity index (χ0n) is 13.8. The average molecular weight is 365 g/mol. The molecule has 6 heteroatoms. The van der Waals surface area contributed by atoms with Crippen LogP contribution in [0.1, 0.15) is 31.4 Å². The zero-order valence-corrected chi connectivity index (χ0v) is 14.6. The molecule has 1 fully saturated rings. The van der Waals surface area contributed by atoms with Crippen molar-refractivity contribution in [1.29, 1.82) is 0 Å².